The predicted molar refractivity (Wildman–Crippen MR) is 91.7 cm³/mol. The third kappa shape index (κ3) is 4.61. The van der Waals surface area contributed by atoms with Crippen LogP contribution in [0.15, 0.2) is 24.4 Å². The van der Waals surface area contributed by atoms with Gasteiger partial charge < -0.3 is 14.4 Å². The van der Waals surface area contributed by atoms with Crippen molar-refractivity contribution in [2.24, 2.45) is 0 Å². The third-order valence-corrected chi connectivity index (χ3v) is 5.60. The Kier molecular flexibility index (Phi) is 5.46. The number of hydrogen-bond donors (Lipinski definition) is 1. The van der Waals surface area contributed by atoms with Crippen LogP contribution in [0.5, 0.6) is 0 Å². The lowest BCUT2D eigenvalue weighted by atomic mass is 10.0. The Morgan fingerprint density at radius 3 is 2.46 bits per heavy atom. The maximum atomic E-state index is 13.0. The van der Waals surface area contributed by atoms with Crippen molar-refractivity contribution >= 4 is 19.0 Å². The van der Waals surface area contributed by atoms with E-state index in [0.717, 1.165) is 18.2 Å². The second kappa shape index (κ2) is 6.90. The lowest BCUT2D eigenvalue weighted by molar-refractivity contribution is -0.137. The first-order valence-corrected chi connectivity index (χ1v) is 11.7. The number of nitrogens with zero attached hydrogens (tertiary/aromatic N) is 1. The van der Waals surface area contributed by atoms with Crippen molar-refractivity contribution in [3.8, 4) is 0 Å². The zero-order chi connectivity index (χ0) is 18.1. The maximum Gasteiger partial charge on any atom is 0.416 e. The van der Waals surface area contributed by atoms with E-state index >= 15 is 0 Å². The zero-order valence-corrected chi connectivity index (χ0v) is 15.4. The summed E-state index contributed by atoms with van der Waals surface area (Å²) < 4.78 is 46.5. The van der Waals surface area contributed by atoms with Crippen LogP contribution in [-0.4, -0.2) is 24.4 Å². The van der Waals surface area contributed by atoms with Crippen LogP contribution in [0, 0.1) is 0 Å². The van der Waals surface area contributed by atoms with Crippen molar-refractivity contribution < 1.29 is 23.0 Å². The molecule has 0 aliphatic rings. The van der Waals surface area contributed by atoms with Gasteiger partial charge in [0.05, 0.1) is 17.2 Å². The van der Waals surface area contributed by atoms with Gasteiger partial charge in [-0.05, 0) is 25.1 Å². The topological polar surface area (TPSA) is 34.4 Å². The number of aliphatic hydroxyl groups is 1. The van der Waals surface area contributed by atoms with Gasteiger partial charge in [0.25, 0.3) is 0 Å². The molecule has 0 bridgehead atoms. The summed E-state index contributed by atoms with van der Waals surface area (Å²) in [7, 11) is -1.19. The van der Waals surface area contributed by atoms with E-state index in [9.17, 15) is 18.3 Å². The molecule has 3 nitrogen and oxygen atoms in total. The Morgan fingerprint density at radius 2 is 1.92 bits per heavy atom. The van der Waals surface area contributed by atoms with Crippen LogP contribution < -0.4 is 0 Å². The largest absolute Gasteiger partial charge is 0.416 e. The molecule has 1 aromatic carbocycles. The first kappa shape index (κ1) is 19.0. The molecule has 0 spiro atoms. The molecule has 24 heavy (non-hydrogen) atoms. The molecule has 1 atom stereocenters. The number of fused-ring (bicyclic) bond motifs is 1. The van der Waals surface area contributed by atoms with Crippen molar-refractivity contribution in [3.05, 3.63) is 35.5 Å². The molecule has 2 aromatic rings. The molecule has 1 N–H and O–H groups in total. The molecule has 0 aliphatic carbocycles. The number of alkyl halides is 3. The average Bonchev–Trinajstić information content (AvgIpc) is 2.83. The van der Waals surface area contributed by atoms with Crippen LogP contribution in [0.3, 0.4) is 0 Å². The second-order valence-electron chi connectivity index (χ2n) is 7.31. The number of rotatable bonds is 6. The normalized spacial score (nSPS) is 14.3. The minimum absolute atomic E-state index is 0.263. The highest BCUT2D eigenvalue weighted by Gasteiger charge is 2.32. The van der Waals surface area contributed by atoms with Crippen molar-refractivity contribution in [1.29, 1.82) is 0 Å². The lowest BCUT2D eigenvalue weighted by Crippen LogP contribution is -2.22. The summed E-state index contributed by atoms with van der Waals surface area (Å²) in [6, 6.07) is 4.78. The van der Waals surface area contributed by atoms with Crippen LogP contribution in [0.25, 0.3) is 10.9 Å². The molecule has 1 aromatic heterocycles. The van der Waals surface area contributed by atoms with Gasteiger partial charge >= 0.3 is 6.18 Å². The molecular weight excluding hydrogens is 335 g/mol. The van der Waals surface area contributed by atoms with Gasteiger partial charge in [0, 0.05) is 23.8 Å². The van der Waals surface area contributed by atoms with Crippen molar-refractivity contribution in [3.63, 3.8) is 0 Å². The molecule has 0 saturated heterocycles. The van der Waals surface area contributed by atoms with Gasteiger partial charge in [-0.15, -0.1) is 14.1 Å². The maximum absolute atomic E-state index is 13.0. The highest BCUT2D eigenvalue weighted by molar-refractivity contribution is 6.76. The number of hydrogen-bond acceptors (Lipinski definition) is 2. The number of halogens is 3. The van der Waals surface area contributed by atoms with Gasteiger partial charge in [-0.25, -0.2) is 0 Å². The van der Waals surface area contributed by atoms with Gasteiger partial charge in [0.1, 0.15) is 6.73 Å². The van der Waals surface area contributed by atoms with E-state index in [1.807, 2.05) is 0 Å². The summed E-state index contributed by atoms with van der Waals surface area (Å²) in [4.78, 5) is 0. The van der Waals surface area contributed by atoms with Crippen molar-refractivity contribution in [2.45, 2.75) is 51.6 Å². The Bertz CT molecular complexity index is 702. The molecule has 7 heteroatoms. The molecule has 1 unspecified atom stereocenters. The quantitative estimate of drug-likeness (QED) is 0.580. The van der Waals surface area contributed by atoms with Gasteiger partial charge in [-0.3, -0.25) is 0 Å². The molecule has 1 heterocycles. The Labute approximate surface area is 141 Å². The Balaban J connectivity index is 2.30. The lowest BCUT2D eigenvalue weighted by Gasteiger charge is -2.26. The summed E-state index contributed by atoms with van der Waals surface area (Å²) in [5.41, 5.74) is 0.105. The second-order valence-corrected chi connectivity index (χ2v) is 12.9. The Hall–Kier alpha value is -1.31. The highest BCUT2D eigenvalue weighted by atomic mass is 28.3. The fraction of sp³-hybridized carbons (Fsp3) is 0.529. The summed E-state index contributed by atoms with van der Waals surface area (Å²) >= 11 is 0. The zero-order valence-electron chi connectivity index (χ0n) is 14.4. The molecule has 0 fully saturated rings. The molecule has 0 radical (unpaired) electrons. The van der Waals surface area contributed by atoms with E-state index in [2.05, 4.69) is 19.6 Å². The molecular formula is C17H24F3NO2Si-. The minimum atomic E-state index is -4.44. The summed E-state index contributed by atoms with van der Waals surface area (Å²) in [6.45, 7) is 9.13. The van der Waals surface area contributed by atoms with Gasteiger partial charge in [-0.2, -0.15) is 32.8 Å². The smallest absolute Gasteiger partial charge is 0.389 e. The number of aromatic nitrogens is 1. The predicted octanol–water partition coefficient (Wildman–Crippen LogP) is 5.03. The van der Waals surface area contributed by atoms with Crippen LogP contribution in [0.4, 0.5) is 13.2 Å². The third-order valence-electron chi connectivity index (χ3n) is 3.89. The van der Waals surface area contributed by atoms with Crippen molar-refractivity contribution in [2.75, 3.05) is 6.61 Å². The van der Waals surface area contributed by atoms with E-state index in [1.165, 1.54) is 6.92 Å². The van der Waals surface area contributed by atoms with E-state index in [1.54, 1.807) is 16.8 Å². The summed E-state index contributed by atoms with van der Waals surface area (Å²) in [5.74, 6) is 0. The monoisotopic (exact) mass is 359 g/mol. The minimum Gasteiger partial charge on any atom is -0.389 e. The molecule has 135 valence electrons. The van der Waals surface area contributed by atoms with E-state index < -0.39 is 25.9 Å². The summed E-state index contributed by atoms with van der Waals surface area (Å²) in [5, 5.41) is 10.4. The van der Waals surface area contributed by atoms with E-state index in [4.69, 9.17) is 4.74 Å². The molecule has 2 rings (SSSR count). The fourth-order valence-corrected chi connectivity index (χ4v) is 3.27. The Morgan fingerprint density at radius 1 is 1.25 bits per heavy atom. The molecule has 0 amide bonds. The SMILES string of the molecule is CC(O)c1cc(C(F)(F)F)cc2ccn(COCC[Si-](C)(C)C)c12. The standard InChI is InChI=1S/C17H24F3NO2Si/c1-12(22)15-10-14(17(18,19)20)9-13-5-6-21(16(13)15)11-23-7-8-24(2,3)4/h5-6,9-10,12,22H,7-8,11H2,1-4H3/q-1. The first-order valence-electron chi connectivity index (χ1n) is 7.95. The van der Waals surface area contributed by atoms with Crippen LogP contribution >= 0.6 is 0 Å². The summed E-state index contributed by atoms with van der Waals surface area (Å²) in [6.07, 6.45) is -3.73. The van der Waals surface area contributed by atoms with Crippen LogP contribution in [-0.2, 0) is 17.6 Å². The van der Waals surface area contributed by atoms with Gasteiger partial charge in [0.15, 0.2) is 0 Å². The van der Waals surface area contributed by atoms with Gasteiger partial charge in [0.2, 0.25) is 0 Å². The van der Waals surface area contributed by atoms with E-state index in [-0.39, 0.29) is 12.3 Å². The van der Waals surface area contributed by atoms with Crippen LogP contribution in [0.1, 0.15) is 24.2 Å². The van der Waals surface area contributed by atoms with Gasteiger partial charge in [-0.1, -0.05) is 0 Å². The van der Waals surface area contributed by atoms with E-state index in [0.29, 0.717) is 17.5 Å². The molecule has 0 saturated carbocycles. The van der Waals surface area contributed by atoms with Crippen LogP contribution in [0.2, 0.25) is 25.7 Å². The first-order chi connectivity index (χ1) is 11.0. The molecule has 0 aliphatic heterocycles. The number of ether oxygens (including phenoxy) is 1. The number of benzene rings is 1. The fourth-order valence-electron chi connectivity index (χ4n) is 2.51. The average molecular weight is 359 g/mol. The number of aliphatic hydroxyl groups excluding tert-OH is 1. The van der Waals surface area contributed by atoms with Crippen molar-refractivity contribution in [1.82, 2.24) is 4.57 Å². The highest BCUT2D eigenvalue weighted by Crippen LogP contribution is 2.35.